The molecule has 1 aromatic heterocycles. The molecule has 3 rings (SSSR count). The van der Waals surface area contributed by atoms with Crippen LogP contribution in [0.4, 0.5) is 15.8 Å². The van der Waals surface area contributed by atoms with Gasteiger partial charge in [0.2, 0.25) is 0 Å². The Kier molecular flexibility index (Phi) is 5.25. The number of rotatable bonds is 6. The van der Waals surface area contributed by atoms with Crippen molar-refractivity contribution in [3.63, 3.8) is 0 Å². The maximum atomic E-state index is 13.2. The predicted molar refractivity (Wildman–Crippen MR) is 98.0 cm³/mol. The number of esters is 1. The van der Waals surface area contributed by atoms with Crippen LogP contribution in [-0.2, 0) is 9.53 Å². The summed E-state index contributed by atoms with van der Waals surface area (Å²) in [6.45, 7) is 0.0465. The summed E-state index contributed by atoms with van der Waals surface area (Å²) in [5, 5.41) is 14.9. The highest BCUT2D eigenvalue weighted by atomic mass is 19.1. The van der Waals surface area contributed by atoms with Gasteiger partial charge < -0.3 is 10.1 Å². The number of nitro groups is 1. The van der Waals surface area contributed by atoms with Crippen molar-refractivity contribution in [1.82, 2.24) is 4.98 Å². The van der Waals surface area contributed by atoms with Crippen LogP contribution >= 0.6 is 0 Å². The minimum Gasteiger partial charge on any atom is -0.468 e. The first-order valence-electron chi connectivity index (χ1n) is 8.10. The molecule has 0 radical (unpaired) electrons. The van der Waals surface area contributed by atoms with Gasteiger partial charge in [-0.1, -0.05) is 12.1 Å². The van der Waals surface area contributed by atoms with Gasteiger partial charge in [-0.25, -0.2) is 4.39 Å². The highest BCUT2D eigenvalue weighted by molar-refractivity contribution is 5.94. The molecule has 0 bridgehead atoms. The SMILES string of the molecule is COC(=O)C(CNc1ccc2ncccc2c1[N+](=O)[O-])c1ccc(F)cc1. The Hall–Kier alpha value is -3.55. The van der Waals surface area contributed by atoms with E-state index in [-0.39, 0.29) is 17.9 Å². The van der Waals surface area contributed by atoms with E-state index in [0.717, 1.165) is 0 Å². The van der Waals surface area contributed by atoms with Gasteiger partial charge in [0, 0.05) is 12.7 Å². The van der Waals surface area contributed by atoms with Crippen LogP contribution < -0.4 is 5.32 Å². The molecule has 0 saturated carbocycles. The highest BCUT2D eigenvalue weighted by Gasteiger charge is 2.24. The molecule has 138 valence electrons. The topological polar surface area (TPSA) is 94.4 Å². The van der Waals surface area contributed by atoms with Crippen molar-refractivity contribution in [2.24, 2.45) is 0 Å². The van der Waals surface area contributed by atoms with Crippen molar-refractivity contribution < 1.29 is 18.8 Å². The molecule has 0 saturated heterocycles. The van der Waals surface area contributed by atoms with Crippen LogP contribution in [0.2, 0.25) is 0 Å². The van der Waals surface area contributed by atoms with E-state index in [1.807, 2.05) is 0 Å². The number of halogens is 1. The number of hydrogen-bond acceptors (Lipinski definition) is 6. The third kappa shape index (κ3) is 3.84. The van der Waals surface area contributed by atoms with Gasteiger partial charge in [0.1, 0.15) is 11.5 Å². The number of hydrogen-bond donors (Lipinski definition) is 1. The molecule has 0 fully saturated rings. The number of pyridine rings is 1. The van der Waals surface area contributed by atoms with Crippen LogP contribution in [0.1, 0.15) is 11.5 Å². The number of ether oxygens (including phenoxy) is 1. The zero-order valence-electron chi connectivity index (χ0n) is 14.4. The van der Waals surface area contributed by atoms with E-state index in [9.17, 15) is 19.3 Å². The second-order valence-electron chi connectivity index (χ2n) is 5.80. The van der Waals surface area contributed by atoms with E-state index < -0.39 is 22.6 Å². The summed E-state index contributed by atoms with van der Waals surface area (Å²) in [6, 6.07) is 11.9. The lowest BCUT2D eigenvalue weighted by atomic mass is 9.99. The lowest BCUT2D eigenvalue weighted by Crippen LogP contribution is -2.23. The molecule has 1 heterocycles. The maximum Gasteiger partial charge on any atom is 0.314 e. The van der Waals surface area contributed by atoms with Crippen molar-refractivity contribution in [2.75, 3.05) is 19.0 Å². The van der Waals surface area contributed by atoms with Crippen LogP contribution in [0.5, 0.6) is 0 Å². The zero-order valence-corrected chi connectivity index (χ0v) is 14.4. The average Bonchev–Trinajstić information content (AvgIpc) is 2.68. The lowest BCUT2D eigenvalue weighted by Gasteiger charge is -2.17. The van der Waals surface area contributed by atoms with Crippen molar-refractivity contribution in [3.8, 4) is 0 Å². The minimum atomic E-state index is -0.750. The molecule has 1 atom stereocenters. The van der Waals surface area contributed by atoms with Crippen LogP contribution in [-0.4, -0.2) is 29.5 Å². The standard InChI is InChI=1S/C19H16FN3O4/c1-27-19(24)15(12-4-6-13(20)7-5-12)11-22-17-9-8-16-14(3-2-10-21-16)18(17)23(25)26/h2-10,15,22H,11H2,1H3. The fourth-order valence-corrected chi connectivity index (χ4v) is 2.86. The number of anilines is 1. The molecule has 8 heteroatoms. The van der Waals surface area contributed by atoms with E-state index >= 15 is 0 Å². The second kappa shape index (κ2) is 7.77. The second-order valence-corrected chi connectivity index (χ2v) is 5.80. The van der Waals surface area contributed by atoms with Crippen LogP contribution in [0, 0.1) is 15.9 Å². The van der Waals surface area contributed by atoms with E-state index in [1.54, 1.807) is 30.5 Å². The van der Waals surface area contributed by atoms with E-state index in [2.05, 4.69) is 10.3 Å². The number of carbonyl (C=O) groups is 1. The summed E-state index contributed by atoms with van der Waals surface area (Å²) in [6.07, 6.45) is 1.56. The molecule has 0 aliphatic heterocycles. The molecule has 2 aromatic carbocycles. The largest absolute Gasteiger partial charge is 0.468 e. The number of fused-ring (bicyclic) bond motifs is 1. The molecule has 0 spiro atoms. The normalized spacial score (nSPS) is 11.8. The van der Waals surface area contributed by atoms with E-state index in [1.165, 1.54) is 31.4 Å². The minimum absolute atomic E-state index is 0.0465. The zero-order chi connectivity index (χ0) is 19.4. The summed E-state index contributed by atoms with van der Waals surface area (Å²) >= 11 is 0. The van der Waals surface area contributed by atoms with Crippen molar-refractivity contribution in [3.05, 3.63) is 76.2 Å². The number of nitrogens with zero attached hydrogens (tertiary/aromatic N) is 2. The number of methoxy groups -OCH3 is 1. The number of nitro benzene ring substituents is 1. The molecular formula is C19H16FN3O4. The summed E-state index contributed by atoms with van der Waals surface area (Å²) in [7, 11) is 1.25. The highest BCUT2D eigenvalue weighted by Crippen LogP contribution is 2.33. The first-order valence-corrected chi connectivity index (χ1v) is 8.10. The van der Waals surface area contributed by atoms with Gasteiger partial charge in [-0.2, -0.15) is 0 Å². The first-order chi connectivity index (χ1) is 13.0. The van der Waals surface area contributed by atoms with E-state index in [0.29, 0.717) is 16.5 Å². The smallest absolute Gasteiger partial charge is 0.314 e. The molecule has 1 N–H and O–H groups in total. The van der Waals surface area contributed by atoms with Crippen LogP contribution in [0.3, 0.4) is 0 Å². The van der Waals surface area contributed by atoms with Gasteiger partial charge in [0.25, 0.3) is 0 Å². The van der Waals surface area contributed by atoms with Crippen molar-refractivity contribution >= 4 is 28.2 Å². The molecule has 27 heavy (non-hydrogen) atoms. The van der Waals surface area contributed by atoms with Gasteiger partial charge in [-0.15, -0.1) is 0 Å². The van der Waals surface area contributed by atoms with Gasteiger partial charge in [-0.05, 0) is 42.0 Å². The monoisotopic (exact) mass is 369 g/mol. The molecule has 1 unspecified atom stereocenters. The molecule has 7 nitrogen and oxygen atoms in total. The van der Waals surface area contributed by atoms with Gasteiger partial charge in [0.15, 0.2) is 0 Å². The maximum absolute atomic E-state index is 13.2. The number of benzene rings is 2. The number of carbonyl (C=O) groups excluding carboxylic acids is 1. The van der Waals surface area contributed by atoms with Gasteiger partial charge >= 0.3 is 11.7 Å². The van der Waals surface area contributed by atoms with Crippen LogP contribution in [0.25, 0.3) is 10.9 Å². The van der Waals surface area contributed by atoms with Crippen LogP contribution in [0.15, 0.2) is 54.7 Å². The third-order valence-corrected chi connectivity index (χ3v) is 4.19. The Labute approximate surface area is 153 Å². The number of nitrogens with one attached hydrogen (secondary N) is 1. The summed E-state index contributed by atoms with van der Waals surface area (Å²) in [5.41, 5.74) is 1.18. The Balaban J connectivity index is 1.93. The summed E-state index contributed by atoms with van der Waals surface area (Å²) < 4.78 is 18.0. The van der Waals surface area contributed by atoms with Crippen molar-refractivity contribution in [1.29, 1.82) is 0 Å². The molecule has 0 aliphatic rings. The Morgan fingerprint density at radius 3 is 2.67 bits per heavy atom. The average molecular weight is 369 g/mol. The molecular weight excluding hydrogens is 353 g/mol. The molecule has 0 aliphatic carbocycles. The van der Waals surface area contributed by atoms with Gasteiger partial charge in [0.05, 0.1) is 28.9 Å². The Morgan fingerprint density at radius 1 is 1.26 bits per heavy atom. The molecule has 3 aromatic rings. The lowest BCUT2D eigenvalue weighted by molar-refractivity contribution is -0.382. The fraction of sp³-hybridized carbons (Fsp3) is 0.158. The summed E-state index contributed by atoms with van der Waals surface area (Å²) in [4.78, 5) is 27.4. The Bertz CT molecular complexity index is 992. The fourth-order valence-electron chi connectivity index (χ4n) is 2.86. The number of aromatic nitrogens is 1. The Morgan fingerprint density at radius 2 is 2.00 bits per heavy atom. The third-order valence-electron chi connectivity index (χ3n) is 4.19. The van der Waals surface area contributed by atoms with Crippen molar-refractivity contribution in [2.45, 2.75) is 5.92 Å². The van der Waals surface area contributed by atoms with E-state index in [4.69, 9.17) is 4.74 Å². The first kappa shape index (κ1) is 18.2. The molecule has 0 amide bonds. The van der Waals surface area contributed by atoms with Gasteiger partial charge in [-0.3, -0.25) is 19.9 Å². The quantitative estimate of drug-likeness (QED) is 0.405. The summed E-state index contributed by atoms with van der Waals surface area (Å²) in [5.74, 6) is -1.70. The predicted octanol–water partition coefficient (Wildman–Crippen LogP) is 3.65.